The van der Waals surface area contributed by atoms with Crippen LogP contribution in [0.3, 0.4) is 0 Å². The molecule has 3 aromatic carbocycles. The number of piperidine rings is 1. The SMILES string of the molecule is CN(Cc1cccc(OCC[C@@H]2CCCCN2C(=O)c2ccccc2F)c1)Cc1cccc2cccnc12. The van der Waals surface area contributed by atoms with Crippen LogP contribution in [0.5, 0.6) is 5.75 Å². The Morgan fingerprint density at radius 1 is 1.03 bits per heavy atom. The number of carbonyl (C=O) groups is 1. The number of fused-ring (bicyclic) bond motifs is 1. The summed E-state index contributed by atoms with van der Waals surface area (Å²) in [6, 6.07) is 24.9. The highest BCUT2D eigenvalue weighted by atomic mass is 19.1. The predicted octanol–water partition coefficient (Wildman–Crippen LogP) is 6.47. The van der Waals surface area contributed by atoms with E-state index in [-0.39, 0.29) is 17.5 Å². The molecular formula is C32H34FN3O2. The van der Waals surface area contributed by atoms with Gasteiger partial charge in [-0.05, 0) is 67.8 Å². The highest BCUT2D eigenvalue weighted by Gasteiger charge is 2.28. The molecule has 1 atom stereocenters. The Hall–Kier alpha value is -3.77. The van der Waals surface area contributed by atoms with Crippen LogP contribution in [0.4, 0.5) is 4.39 Å². The van der Waals surface area contributed by atoms with Crippen LogP contribution >= 0.6 is 0 Å². The molecule has 0 bridgehead atoms. The maximum absolute atomic E-state index is 14.2. The number of para-hydroxylation sites is 1. The Labute approximate surface area is 223 Å². The predicted molar refractivity (Wildman–Crippen MR) is 149 cm³/mol. The lowest BCUT2D eigenvalue weighted by molar-refractivity contribution is 0.0576. The molecule has 0 saturated carbocycles. The Balaban J connectivity index is 1.16. The molecule has 1 aliphatic heterocycles. The van der Waals surface area contributed by atoms with Gasteiger partial charge >= 0.3 is 0 Å². The summed E-state index contributed by atoms with van der Waals surface area (Å²) in [5.74, 6) is 0.140. The molecule has 1 fully saturated rings. The van der Waals surface area contributed by atoms with Crippen LogP contribution in [0.1, 0.15) is 47.2 Å². The third kappa shape index (κ3) is 6.20. The summed E-state index contributed by atoms with van der Waals surface area (Å²) in [7, 11) is 2.11. The van der Waals surface area contributed by atoms with Crippen molar-refractivity contribution < 1.29 is 13.9 Å². The van der Waals surface area contributed by atoms with E-state index in [2.05, 4.69) is 53.3 Å². The van der Waals surface area contributed by atoms with Crippen molar-refractivity contribution in [3.8, 4) is 5.75 Å². The van der Waals surface area contributed by atoms with Crippen molar-refractivity contribution in [1.82, 2.24) is 14.8 Å². The first-order chi connectivity index (χ1) is 18.6. The maximum atomic E-state index is 14.2. The van der Waals surface area contributed by atoms with Crippen LogP contribution in [0.15, 0.2) is 85.1 Å². The molecule has 196 valence electrons. The van der Waals surface area contributed by atoms with Gasteiger partial charge in [-0.2, -0.15) is 0 Å². The number of halogens is 1. The number of benzene rings is 3. The second-order valence-electron chi connectivity index (χ2n) is 10.1. The van der Waals surface area contributed by atoms with Gasteiger partial charge in [0.1, 0.15) is 11.6 Å². The minimum Gasteiger partial charge on any atom is -0.494 e. The smallest absolute Gasteiger partial charge is 0.257 e. The van der Waals surface area contributed by atoms with Crippen LogP contribution in [0.2, 0.25) is 0 Å². The third-order valence-corrected chi connectivity index (χ3v) is 7.22. The van der Waals surface area contributed by atoms with Crippen molar-refractivity contribution in [3.63, 3.8) is 0 Å². The zero-order chi connectivity index (χ0) is 26.3. The molecule has 5 rings (SSSR count). The van der Waals surface area contributed by atoms with Crippen LogP contribution in [0.25, 0.3) is 10.9 Å². The Morgan fingerprint density at radius 3 is 2.76 bits per heavy atom. The number of rotatable bonds is 9. The van der Waals surface area contributed by atoms with Gasteiger partial charge in [0.05, 0.1) is 17.7 Å². The van der Waals surface area contributed by atoms with Gasteiger partial charge in [-0.3, -0.25) is 14.7 Å². The number of pyridine rings is 1. The Bertz CT molecular complexity index is 1390. The number of carbonyl (C=O) groups excluding carboxylic acids is 1. The second-order valence-corrected chi connectivity index (χ2v) is 10.1. The number of likely N-dealkylation sites (tertiary alicyclic amines) is 1. The van der Waals surface area contributed by atoms with Gasteiger partial charge in [-0.15, -0.1) is 0 Å². The van der Waals surface area contributed by atoms with E-state index >= 15 is 0 Å². The number of hydrogen-bond donors (Lipinski definition) is 0. The lowest BCUT2D eigenvalue weighted by Crippen LogP contribution is -2.44. The van der Waals surface area contributed by atoms with E-state index in [0.717, 1.165) is 55.4 Å². The van der Waals surface area contributed by atoms with Gasteiger partial charge in [0.2, 0.25) is 0 Å². The molecule has 0 aliphatic carbocycles. The largest absolute Gasteiger partial charge is 0.494 e. The Morgan fingerprint density at radius 2 is 1.87 bits per heavy atom. The molecule has 0 N–H and O–H groups in total. The topological polar surface area (TPSA) is 45.7 Å². The van der Waals surface area contributed by atoms with Crippen molar-refractivity contribution in [2.75, 3.05) is 20.2 Å². The number of ether oxygens (including phenoxy) is 1. The molecule has 6 heteroatoms. The summed E-state index contributed by atoms with van der Waals surface area (Å²) in [4.78, 5) is 21.7. The number of amides is 1. The van der Waals surface area contributed by atoms with Crippen molar-refractivity contribution in [3.05, 3.63) is 108 Å². The van der Waals surface area contributed by atoms with Crippen molar-refractivity contribution >= 4 is 16.8 Å². The molecule has 1 saturated heterocycles. The van der Waals surface area contributed by atoms with Crippen LogP contribution in [-0.4, -0.2) is 46.9 Å². The van der Waals surface area contributed by atoms with Crippen molar-refractivity contribution in [2.24, 2.45) is 0 Å². The number of nitrogens with zero attached hydrogens (tertiary/aromatic N) is 3. The minimum atomic E-state index is -0.462. The van der Waals surface area contributed by atoms with E-state index in [1.165, 1.54) is 17.2 Å². The summed E-state index contributed by atoms with van der Waals surface area (Å²) in [5.41, 5.74) is 3.58. The Kier molecular flexibility index (Phi) is 8.29. The summed E-state index contributed by atoms with van der Waals surface area (Å²) in [5, 5.41) is 1.15. The van der Waals surface area contributed by atoms with Gasteiger partial charge in [-0.25, -0.2) is 4.39 Å². The van der Waals surface area contributed by atoms with Gasteiger partial charge in [0, 0.05) is 43.7 Å². The molecule has 38 heavy (non-hydrogen) atoms. The van der Waals surface area contributed by atoms with E-state index < -0.39 is 5.82 Å². The number of aromatic nitrogens is 1. The highest BCUT2D eigenvalue weighted by Crippen LogP contribution is 2.24. The molecule has 4 aromatic rings. The van der Waals surface area contributed by atoms with Gasteiger partial charge in [0.25, 0.3) is 5.91 Å². The van der Waals surface area contributed by atoms with Crippen LogP contribution < -0.4 is 4.74 Å². The molecule has 5 nitrogen and oxygen atoms in total. The fourth-order valence-electron chi connectivity index (χ4n) is 5.36. The van der Waals surface area contributed by atoms with Crippen molar-refractivity contribution in [2.45, 2.75) is 44.8 Å². The first-order valence-electron chi connectivity index (χ1n) is 13.4. The van der Waals surface area contributed by atoms with E-state index in [1.807, 2.05) is 29.3 Å². The summed E-state index contributed by atoms with van der Waals surface area (Å²) < 4.78 is 20.4. The molecule has 0 spiro atoms. The summed E-state index contributed by atoms with van der Waals surface area (Å²) >= 11 is 0. The minimum absolute atomic E-state index is 0.0551. The molecule has 0 unspecified atom stereocenters. The third-order valence-electron chi connectivity index (χ3n) is 7.22. The molecule has 2 heterocycles. The van der Waals surface area contributed by atoms with Crippen LogP contribution in [-0.2, 0) is 13.1 Å². The number of hydrogen-bond acceptors (Lipinski definition) is 4. The molecule has 1 aromatic heterocycles. The maximum Gasteiger partial charge on any atom is 0.257 e. The van der Waals surface area contributed by atoms with Gasteiger partial charge in [-0.1, -0.05) is 48.5 Å². The average Bonchev–Trinajstić information content (AvgIpc) is 2.94. The molecule has 0 radical (unpaired) electrons. The summed E-state index contributed by atoms with van der Waals surface area (Å²) in [6.07, 6.45) is 5.49. The van der Waals surface area contributed by atoms with E-state index in [4.69, 9.17) is 4.74 Å². The van der Waals surface area contributed by atoms with E-state index in [1.54, 1.807) is 18.2 Å². The zero-order valence-electron chi connectivity index (χ0n) is 21.9. The average molecular weight is 512 g/mol. The standard InChI is InChI=1S/C32H34FN3O2/c1-35(23-26-11-7-10-25-12-8-18-34-31(25)26)22-24-9-6-14-28(21-24)38-20-17-27-13-4-5-19-36(27)32(37)29-15-2-3-16-30(29)33/h2-3,6-12,14-16,18,21,27H,4-5,13,17,19-20,22-23H2,1H3/t27-/m0/s1. The lowest BCUT2D eigenvalue weighted by atomic mass is 9.98. The van der Waals surface area contributed by atoms with E-state index in [0.29, 0.717) is 13.2 Å². The molecule has 1 amide bonds. The summed E-state index contributed by atoms with van der Waals surface area (Å²) in [6.45, 7) is 2.75. The fraction of sp³-hybridized carbons (Fsp3) is 0.312. The monoisotopic (exact) mass is 511 g/mol. The zero-order valence-corrected chi connectivity index (χ0v) is 21.9. The normalized spacial score (nSPS) is 15.7. The highest BCUT2D eigenvalue weighted by molar-refractivity contribution is 5.94. The fourth-order valence-corrected chi connectivity index (χ4v) is 5.36. The second kappa shape index (κ2) is 12.2. The first kappa shape index (κ1) is 25.9. The van der Waals surface area contributed by atoms with E-state index in [9.17, 15) is 9.18 Å². The van der Waals surface area contributed by atoms with Gasteiger partial charge < -0.3 is 9.64 Å². The first-order valence-corrected chi connectivity index (χ1v) is 13.4. The van der Waals surface area contributed by atoms with Gasteiger partial charge in [0.15, 0.2) is 0 Å². The molecule has 1 aliphatic rings. The lowest BCUT2D eigenvalue weighted by Gasteiger charge is -2.36. The molecular weight excluding hydrogens is 477 g/mol. The van der Waals surface area contributed by atoms with Crippen LogP contribution in [0, 0.1) is 5.82 Å². The quantitative estimate of drug-likeness (QED) is 0.258. The van der Waals surface area contributed by atoms with Crippen molar-refractivity contribution in [1.29, 1.82) is 0 Å².